The SMILES string of the molecule is O=C1C2ON(c3ccccc3)C(c3cccc([N+](=O)[O-])c3)C2C(=O)N1c1ccc(F)cc1. The molecule has 9 heteroatoms. The van der Waals surface area contributed by atoms with Gasteiger partial charge < -0.3 is 0 Å². The van der Waals surface area contributed by atoms with E-state index in [4.69, 9.17) is 4.84 Å². The highest BCUT2D eigenvalue weighted by molar-refractivity contribution is 6.23. The third kappa shape index (κ3) is 3.10. The second-order valence-corrected chi connectivity index (χ2v) is 7.50. The Morgan fingerprint density at radius 3 is 2.28 bits per heavy atom. The fourth-order valence-electron chi connectivity index (χ4n) is 4.22. The minimum atomic E-state index is -1.11. The lowest BCUT2D eigenvalue weighted by Crippen LogP contribution is -2.37. The number of non-ortho nitro benzene ring substituents is 1. The number of hydrogen-bond donors (Lipinski definition) is 0. The number of hydroxylamine groups is 1. The van der Waals surface area contributed by atoms with E-state index in [-0.39, 0.29) is 11.4 Å². The number of amides is 2. The number of nitro benzene ring substituents is 1. The van der Waals surface area contributed by atoms with Gasteiger partial charge in [-0.1, -0.05) is 30.3 Å². The molecule has 2 fully saturated rings. The molecule has 3 aromatic carbocycles. The Hall–Kier alpha value is -4.11. The number of halogens is 1. The molecule has 2 aliphatic heterocycles. The van der Waals surface area contributed by atoms with Crippen LogP contribution in [0.1, 0.15) is 11.6 Å². The van der Waals surface area contributed by atoms with Crippen LogP contribution >= 0.6 is 0 Å². The van der Waals surface area contributed by atoms with Crippen LogP contribution in [0.3, 0.4) is 0 Å². The minimum Gasteiger partial charge on any atom is -0.273 e. The first-order chi connectivity index (χ1) is 15.5. The third-order valence-electron chi connectivity index (χ3n) is 5.63. The van der Waals surface area contributed by atoms with Gasteiger partial charge in [-0.2, -0.15) is 0 Å². The fraction of sp³-hybridized carbons (Fsp3) is 0.130. The second kappa shape index (κ2) is 7.54. The van der Waals surface area contributed by atoms with E-state index in [1.165, 1.54) is 47.5 Å². The normalized spacial score (nSPS) is 22.3. The first-order valence-electron chi connectivity index (χ1n) is 9.84. The predicted octanol–water partition coefficient (Wildman–Crippen LogP) is 3.79. The van der Waals surface area contributed by atoms with Gasteiger partial charge in [0.1, 0.15) is 11.7 Å². The number of imide groups is 1. The van der Waals surface area contributed by atoms with E-state index in [1.807, 2.05) is 6.07 Å². The molecule has 5 rings (SSSR count). The molecule has 2 aliphatic rings. The quantitative estimate of drug-likeness (QED) is 0.353. The maximum Gasteiger partial charge on any atom is 0.269 e. The summed E-state index contributed by atoms with van der Waals surface area (Å²) in [6.07, 6.45) is -1.11. The van der Waals surface area contributed by atoms with Gasteiger partial charge in [-0.25, -0.2) is 14.4 Å². The highest BCUT2D eigenvalue weighted by Gasteiger charge is 2.60. The molecule has 0 radical (unpaired) electrons. The molecule has 0 N–H and O–H groups in total. The zero-order chi connectivity index (χ0) is 22.4. The number of fused-ring (bicyclic) bond motifs is 1. The lowest BCUT2D eigenvalue weighted by atomic mass is 9.90. The number of nitro groups is 1. The first-order valence-corrected chi connectivity index (χ1v) is 9.84. The summed E-state index contributed by atoms with van der Waals surface area (Å²) in [4.78, 5) is 44.4. The number of benzene rings is 3. The van der Waals surface area contributed by atoms with E-state index in [0.29, 0.717) is 11.3 Å². The summed E-state index contributed by atoms with van der Waals surface area (Å²) in [5, 5.41) is 12.8. The lowest BCUT2D eigenvalue weighted by Gasteiger charge is -2.28. The first kappa shape index (κ1) is 19.8. The number of nitrogens with zero attached hydrogens (tertiary/aromatic N) is 3. The summed E-state index contributed by atoms with van der Waals surface area (Å²) in [6.45, 7) is 0. The number of carbonyl (C=O) groups is 2. The average molecular weight is 433 g/mol. The molecular weight excluding hydrogens is 417 g/mol. The van der Waals surface area contributed by atoms with Gasteiger partial charge in [-0.15, -0.1) is 0 Å². The van der Waals surface area contributed by atoms with Crippen molar-refractivity contribution in [1.82, 2.24) is 0 Å². The van der Waals surface area contributed by atoms with Gasteiger partial charge in [0.2, 0.25) is 5.91 Å². The summed E-state index contributed by atoms with van der Waals surface area (Å²) >= 11 is 0. The van der Waals surface area contributed by atoms with E-state index in [9.17, 15) is 24.1 Å². The molecule has 3 atom stereocenters. The van der Waals surface area contributed by atoms with Crippen molar-refractivity contribution < 1.29 is 23.7 Å². The van der Waals surface area contributed by atoms with E-state index in [2.05, 4.69) is 0 Å². The molecule has 0 saturated carbocycles. The number of para-hydroxylation sites is 1. The molecule has 0 aliphatic carbocycles. The van der Waals surface area contributed by atoms with Crippen LogP contribution < -0.4 is 9.96 Å². The van der Waals surface area contributed by atoms with Crippen LogP contribution in [-0.2, 0) is 14.4 Å². The van der Waals surface area contributed by atoms with Crippen LogP contribution in [0, 0.1) is 21.8 Å². The van der Waals surface area contributed by atoms with Crippen LogP contribution in [0.5, 0.6) is 0 Å². The summed E-state index contributed by atoms with van der Waals surface area (Å²) < 4.78 is 13.3. The van der Waals surface area contributed by atoms with Crippen molar-refractivity contribution in [1.29, 1.82) is 0 Å². The van der Waals surface area contributed by atoms with Crippen molar-refractivity contribution in [3.63, 3.8) is 0 Å². The predicted molar refractivity (Wildman–Crippen MR) is 112 cm³/mol. The van der Waals surface area contributed by atoms with Crippen molar-refractivity contribution >= 4 is 28.9 Å². The average Bonchev–Trinajstić information content (AvgIpc) is 3.31. The largest absolute Gasteiger partial charge is 0.273 e. The Morgan fingerprint density at radius 2 is 1.59 bits per heavy atom. The molecule has 2 amide bonds. The smallest absolute Gasteiger partial charge is 0.269 e. The molecule has 8 nitrogen and oxygen atoms in total. The van der Waals surface area contributed by atoms with Crippen LogP contribution in [-0.4, -0.2) is 22.8 Å². The van der Waals surface area contributed by atoms with Gasteiger partial charge in [-0.3, -0.25) is 24.5 Å². The van der Waals surface area contributed by atoms with Crippen molar-refractivity contribution in [2.24, 2.45) is 5.92 Å². The molecule has 0 spiro atoms. The van der Waals surface area contributed by atoms with Crippen LogP contribution in [0.2, 0.25) is 0 Å². The Bertz CT molecular complexity index is 1220. The van der Waals surface area contributed by atoms with E-state index in [1.54, 1.807) is 30.3 Å². The Balaban J connectivity index is 1.60. The van der Waals surface area contributed by atoms with Gasteiger partial charge in [-0.05, 0) is 42.0 Å². The third-order valence-corrected chi connectivity index (χ3v) is 5.63. The summed E-state index contributed by atoms with van der Waals surface area (Å²) in [7, 11) is 0. The standard InChI is InChI=1S/C23H16FN3O5/c24-15-9-11-16(12-10-15)25-22(28)19-20(14-5-4-8-18(13-14)27(30)31)26(32-21(19)23(25)29)17-6-2-1-3-7-17/h1-13,19-21H. The van der Waals surface area contributed by atoms with Gasteiger partial charge in [0.15, 0.2) is 6.10 Å². The number of carbonyl (C=O) groups excluding carboxylic acids is 2. The molecule has 0 aromatic heterocycles. The topological polar surface area (TPSA) is 93.0 Å². The van der Waals surface area contributed by atoms with Gasteiger partial charge >= 0.3 is 0 Å². The van der Waals surface area contributed by atoms with Gasteiger partial charge in [0, 0.05) is 12.1 Å². The van der Waals surface area contributed by atoms with E-state index >= 15 is 0 Å². The van der Waals surface area contributed by atoms with Crippen molar-refractivity contribution in [3.8, 4) is 0 Å². The Morgan fingerprint density at radius 1 is 0.875 bits per heavy atom. The maximum absolute atomic E-state index is 13.4. The monoisotopic (exact) mass is 433 g/mol. The molecule has 160 valence electrons. The van der Waals surface area contributed by atoms with Crippen molar-refractivity contribution in [3.05, 3.63) is 100 Å². The number of anilines is 2. The Labute approximate surface area is 181 Å². The zero-order valence-electron chi connectivity index (χ0n) is 16.5. The summed E-state index contributed by atoms with van der Waals surface area (Å²) in [6, 6.07) is 19.1. The Kier molecular flexibility index (Phi) is 4.67. The van der Waals surface area contributed by atoms with Crippen molar-refractivity contribution in [2.45, 2.75) is 12.1 Å². The molecule has 3 aromatic rings. The van der Waals surface area contributed by atoms with Crippen LogP contribution in [0.15, 0.2) is 78.9 Å². The molecule has 2 saturated heterocycles. The number of hydrogen-bond acceptors (Lipinski definition) is 6. The molecular formula is C23H16FN3O5. The zero-order valence-corrected chi connectivity index (χ0v) is 16.5. The molecule has 0 bridgehead atoms. The fourth-order valence-corrected chi connectivity index (χ4v) is 4.22. The lowest BCUT2D eigenvalue weighted by molar-refractivity contribution is -0.384. The van der Waals surface area contributed by atoms with Gasteiger partial charge in [0.05, 0.1) is 22.3 Å². The highest BCUT2D eigenvalue weighted by Crippen LogP contribution is 2.47. The molecule has 32 heavy (non-hydrogen) atoms. The minimum absolute atomic E-state index is 0.133. The van der Waals surface area contributed by atoms with Crippen LogP contribution in [0.25, 0.3) is 0 Å². The second-order valence-electron chi connectivity index (χ2n) is 7.50. The molecule has 2 heterocycles. The van der Waals surface area contributed by atoms with Crippen molar-refractivity contribution in [2.75, 3.05) is 9.96 Å². The number of rotatable bonds is 4. The summed E-state index contributed by atoms with van der Waals surface area (Å²) in [5.41, 5.74) is 1.18. The highest BCUT2D eigenvalue weighted by atomic mass is 19.1. The maximum atomic E-state index is 13.4. The molecule has 3 unspecified atom stereocenters. The summed E-state index contributed by atoms with van der Waals surface area (Å²) in [5.74, 6) is -2.51. The van der Waals surface area contributed by atoms with E-state index in [0.717, 1.165) is 4.90 Å². The van der Waals surface area contributed by atoms with Crippen LogP contribution in [0.4, 0.5) is 21.5 Å². The van der Waals surface area contributed by atoms with Gasteiger partial charge in [0.25, 0.3) is 11.6 Å². The van der Waals surface area contributed by atoms with E-state index < -0.39 is 40.6 Å².